The third-order valence-electron chi connectivity index (χ3n) is 4.20. The summed E-state index contributed by atoms with van der Waals surface area (Å²) in [5.41, 5.74) is 0.839. The van der Waals surface area contributed by atoms with Gasteiger partial charge in [-0.2, -0.15) is 0 Å². The van der Waals surface area contributed by atoms with Crippen LogP contribution in [-0.2, 0) is 21.4 Å². The number of nitrogens with two attached hydrogens (primary N) is 1. The standard InChI is InChI=1S/C19H33N5O3S.HI/c1-5-6-7-8-15(2)23-19(22-14-18(25)24(3)4)21-13-16-9-11-17(12-10-16)28(20,26)27;/h9-12,15H,5-8,13-14H2,1-4H3,(H2,20,26,27)(H2,21,22,23);1H. The number of nitrogens with zero attached hydrogens (tertiary/aromatic N) is 2. The van der Waals surface area contributed by atoms with E-state index in [9.17, 15) is 13.2 Å². The maximum absolute atomic E-state index is 11.9. The Kier molecular flexibility index (Phi) is 13.1. The number of hydrogen-bond donors (Lipinski definition) is 3. The Bertz CT molecular complexity index is 752. The topological polar surface area (TPSA) is 117 Å². The predicted octanol–water partition coefficient (Wildman–Crippen LogP) is 2.04. The quantitative estimate of drug-likeness (QED) is 0.182. The summed E-state index contributed by atoms with van der Waals surface area (Å²) in [6, 6.07) is 6.50. The van der Waals surface area contributed by atoms with Gasteiger partial charge in [0.25, 0.3) is 0 Å². The normalized spacial score (nSPS) is 12.7. The molecule has 0 aliphatic rings. The Hall–Kier alpha value is -1.40. The second-order valence-corrected chi connectivity index (χ2v) is 8.60. The van der Waals surface area contributed by atoms with Gasteiger partial charge in [-0.3, -0.25) is 4.79 Å². The van der Waals surface area contributed by atoms with Gasteiger partial charge < -0.3 is 15.5 Å². The average Bonchev–Trinajstić information content (AvgIpc) is 2.63. The van der Waals surface area contributed by atoms with Gasteiger partial charge in [0.2, 0.25) is 15.9 Å². The fraction of sp³-hybridized carbons (Fsp3) is 0.579. The molecule has 10 heteroatoms. The fourth-order valence-corrected chi connectivity index (χ4v) is 2.95. The van der Waals surface area contributed by atoms with Gasteiger partial charge in [-0.15, -0.1) is 24.0 Å². The van der Waals surface area contributed by atoms with Crippen LogP contribution >= 0.6 is 24.0 Å². The molecule has 8 nitrogen and oxygen atoms in total. The molecule has 0 aromatic heterocycles. The molecule has 0 saturated heterocycles. The van der Waals surface area contributed by atoms with Crippen LogP contribution in [0.4, 0.5) is 0 Å². The average molecular weight is 539 g/mol. The summed E-state index contributed by atoms with van der Waals surface area (Å²) in [4.78, 5) is 18.0. The highest BCUT2D eigenvalue weighted by Gasteiger charge is 2.10. The number of hydrogen-bond acceptors (Lipinski definition) is 4. The van der Waals surface area contributed by atoms with Crippen molar-refractivity contribution >= 4 is 45.9 Å². The maximum Gasteiger partial charge on any atom is 0.241 e. The third-order valence-corrected chi connectivity index (χ3v) is 5.13. The molecule has 1 rings (SSSR count). The van der Waals surface area contributed by atoms with Crippen LogP contribution in [0.5, 0.6) is 0 Å². The molecule has 0 aliphatic carbocycles. The largest absolute Gasteiger partial charge is 0.354 e. The summed E-state index contributed by atoms with van der Waals surface area (Å²) in [6.07, 6.45) is 4.49. The van der Waals surface area contributed by atoms with Crippen LogP contribution in [0.3, 0.4) is 0 Å². The molecule has 4 N–H and O–H groups in total. The summed E-state index contributed by atoms with van der Waals surface area (Å²) in [5, 5.41) is 11.5. The monoisotopic (exact) mass is 539 g/mol. The van der Waals surface area contributed by atoms with E-state index in [-0.39, 0.29) is 47.4 Å². The number of carbonyl (C=O) groups excluding carboxylic acids is 1. The highest BCUT2D eigenvalue weighted by Crippen LogP contribution is 2.09. The highest BCUT2D eigenvalue weighted by atomic mass is 127. The van der Waals surface area contributed by atoms with Crippen molar-refractivity contribution in [3.63, 3.8) is 0 Å². The van der Waals surface area contributed by atoms with E-state index in [1.807, 2.05) is 0 Å². The minimum Gasteiger partial charge on any atom is -0.354 e. The van der Waals surface area contributed by atoms with Crippen LogP contribution in [0, 0.1) is 0 Å². The maximum atomic E-state index is 11.9. The Labute approximate surface area is 191 Å². The number of amides is 1. The van der Waals surface area contributed by atoms with Gasteiger partial charge in [0.1, 0.15) is 0 Å². The molecule has 29 heavy (non-hydrogen) atoms. The van der Waals surface area contributed by atoms with Gasteiger partial charge >= 0.3 is 0 Å². The third kappa shape index (κ3) is 11.4. The van der Waals surface area contributed by atoms with Gasteiger partial charge in [0.05, 0.1) is 18.0 Å². The molecular formula is C19H34IN5O3S. The number of benzene rings is 1. The second kappa shape index (κ2) is 13.8. The number of nitrogens with one attached hydrogen (secondary N) is 2. The van der Waals surface area contributed by atoms with Crippen molar-refractivity contribution in [2.45, 2.75) is 57.0 Å². The molecular weight excluding hydrogens is 505 g/mol. The van der Waals surface area contributed by atoms with Gasteiger partial charge in [0.15, 0.2) is 5.96 Å². The van der Waals surface area contributed by atoms with Crippen molar-refractivity contribution in [1.82, 2.24) is 15.5 Å². The second-order valence-electron chi connectivity index (χ2n) is 7.04. The minimum absolute atomic E-state index is 0. The smallest absolute Gasteiger partial charge is 0.241 e. The lowest BCUT2D eigenvalue weighted by Gasteiger charge is -2.19. The van der Waals surface area contributed by atoms with Crippen molar-refractivity contribution in [3.8, 4) is 0 Å². The number of primary sulfonamides is 1. The molecule has 0 radical (unpaired) electrons. The molecule has 1 aromatic carbocycles. The number of rotatable bonds is 10. The zero-order valence-corrected chi connectivity index (χ0v) is 20.8. The Morgan fingerprint density at radius 1 is 1.21 bits per heavy atom. The van der Waals surface area contributed by atoms with Crippen molar-refractivity contribution < 1.29 is 13.2 Å². The number of guanidine groups is 1. The van der Waals surface area contributed by atoms with Gasteiger partial charge in [-0.1, -0.05) is 38.3 Å². The van der Waals surface area contributed by atoms with E-state index in [1.54, 1.807) is 26.2 Å². The van der Waals surface area contributed by atoms with Crippen molar-refractivity contribution in [1.29, 1.82) is 0 Å². The molecule has 0 heterocycles. The molecule has 1 unspecified atom stereocenters. The van der Waals surface area contributed by atoms with E-state index in [2.05, 4.69) is 29.5 Å². The summed E-state index contributed by atoms with van der Waals surface area (Å²) < 4.78 is 22.7. The Morgan fingerprint density at radius 2 is 1.83 bits per heavy atom. The van der Waals surface area contributed by atoms with Gasteiger partial charge in [-0.05, 0) is 31.0 Å². The molecule has 0 aliphatic heterocycles. The van der Waals surface area contributed by atoms with E-state index >= 15 is 0 Å². The number of unbranched alkanes of at least 4 members (excludes halogenated alkanes) is 2. The van der Waals surface area contributed by atoms with Crippen LogP contribution in [0.15, 0.2) is 34.2 Å². The number of carbonyl (C=O) groups is 1. The summed E-state index contributed by atoms with van der Waals surface area (Å²) in [5.74, 6) is 0.500. The van der Waals surface area contributed by atoms with Gasteiger partial charge in [-0.25, -0.2) is 18.5 Å². The van der Waals surface area contributed by atoms with Crippen molar-refractivity contribution in [2.24, 2.45) is 10.1 Å². The van der Waals surface area contributed by atoms with Crippen LogP contribution < -0.4 is 15.8 Å². The zero-order chi connectivity index (χ0) is 21.2. The summed E-state index contributed by atoms with van der Waals surface area (Å²) in [7, 11) is -0.301. The Morgan fingerprint density at radius 3 is 2.34 bits per heavy atom. The molecule has 0 fully saturated rings. The predicted molar refractivity (Wildman–Crippen MR) is 128 cm³/mol. The number of likely N-dealkylation sites (N-methyl/N-ethyl adjacent to an activating group) is 1. The SMILES string of the molecule is CCCCCC(C)NC(=NCc1ccc(S(N)(=O)=O)cc1)NCC(=O)N(C)C.I. The highest BCUT2D eigenvalue weighted by molar-refractivity contribution is 14.0. The lowest BCUT2D eigenvalue weighted by atomic mass is 10.1. The summed E-state index contributed by atoms with van der Waals surface area (Å²) >= 11 is 0. The minimum atomic E-state index is -3.71. The first kappa shape index (κ1) is 27.6. The van der Waals surface area contributed by atoms with Crippen LogP contribution in [-0.4, -0.2) is 51.9 Å². The molecule has 0 spiro atoms. The molecule has 0 bridgehead atoms. The van der Waals surface area contributed by atoms with Crippen LogP contribution in [0.2, 0.25) is 0 Å². The number of aliphatic imine (C=N–C) groups is 1. The first-order valence-electron chi connectivity index (χ1n) is 9.50. The zero-order valence-electron chi connectivity index (χ0n) is 17.6. The molecule has 1 atom stereocenters. The van der Waals surface area contributed by atoms with Gasteiger partial charge in [0, 0.05) is 20.1 Å². The van der Waals surface area contributed by atoms with E-state index in [0.717, 1.165) is 24.8 Å². The number of halogens is 1. The van der Waals surface area contributed by atoms with Crippen LogP contribution in [0.25, 0.3) is 0 Å². The Balaban J connectivity index is 0.00000784. The van der Waals surface area contributed by atoms with E-state index in [4.69, 9.17) is 5.14 Å². The number of sulfonamides is 1. The summed E-state index contributed by atoms with van der Waals surface area (Å²) in [6.45, 7) is 4.74. The van der Waals surface area contributed by atoms with Crippen LogP contribution in [0.1, 0.15) is 45.1 Å². The first-order valence-corrected chi connectivity index (χ1v) is 11.0. The van der Waals surface area contributed by atoms with E-state index < -0.39 is 10.0 Å². The lowest BCUT2D eigenvalue weighted by Crippen LogP contribution is -2.46. The first-order chi connectivity index (χ1) is 13.1. The van der Waals surface area contributed by atoms with Crippen molar-refractivity contribution in [2.75, 3.05) is 20.6 Å². The van der Waals surface area contributed by atoms with E-state index in [0.29, 0.717) is 12.5 Å². The lowest BCUT2D eigenvalue weighted by molar-refractivity contribution is -0.127. The van der Waals surface area contributed by atoms with Crippen molar-refractivity contribution in [3.05, 3.63) is 29.8 Å². The molecule has 1 amide bonds. The molecule has 166 valence electrons. The molecule has 0 saturated carbocycles. The molecule has 1 aromatic rings. The fourth-order valence-electron chi connectivity index (χ4n) is 2.43. The van der Waals surface area contributed by atoms with E-state index in [1.165, 1.54) is 23.5 Å².